The number of aromatic nitrogens is 2. The molecule has 1 aromatic heterocycles. The van der Waals surface area contributed by atoms with Gasteiger partial charge < -0.3 is 19.7 Å². The molecule has 6 heteroatoms. The van der Waals surface area contributed by atoms with Crippen LogP contribution in [0.15, 0.2) is 42.5 Å². The number of benzene rings is 2. The highest BCUT2D eigenvalue weighted by molar-refractivity contribution is 5.81. The molecule has 0 atom stereocenters. The van der Waals surface area contributed by atoms with Gasteiger partial charge in [0, 0.05) is 18.2 Å². The van der Waals surface area contributed by atoms with Crippen molar-refractivity contribution in [2.24, 2.45) is 10.8 Å². The number of carboxylic acid groups (broad SMARTS) is 1. The first-order valence-corrected chi connectivity index (χ1v) is 12.7. The van der Waals surface area contributed by atoms with Crippen LogP contribution < -0.4 is 10.1 Å². The molecule has 6 nitrogen and oxygen atoms in total. The van der Waals surface area contributed by atoms with Gasteiger partial charge in [-0.05, 0) is 92.3 Å². The Kier molecular flexibility index (Phi) is 6.85. The van der Waals surface area contributed by atoms with E-state index in [0.29, 0.717) is 12.5 Å². The minimum Gasteiger partial charge on any atom is -0.491 e. The van der Waals surface area contributed by atoms with Gasteiger partial charge in [-0.2, -0.15) is 0 Å². The van der Waals surface area contributed by atoms with Crippen LogP contribution in [0, 0.1) is 10.8 Å². The maximum Gasteiger partial charge on any atom is 0.303 e. The third kappa shape index (κ3) is 6.16. The molecule has 0 saturated heterocycles. The molecular weight excluding hydrogens is 438 g/mol. The smallest absolute Gasteiger partial charge is 0.303 e. The summed E-state index contributed by atoms with van der Waals surface area (Å²) in [4.78, 5) is 16.1. The Morgan fingerprint density at radius 3 is 2.37 bits per heavy atom. The molecular formula is C29H39N3O3. The predicted molar refractivity (Wildman–Crippen MR) is 142 cm³/mol. The molecule has 0 radical (unpaired) electrons. The first-order chi connectivity index (χ1) is 16.4. The average Bonchev–Trinajstić information content (AvgIpc) is 3.08. The largest absolute Gasteiger partial charge is 0.491 e. The number of anilines is 2. The zero-order valence-electron chi connectivity index (χ0n) is 21.9. The zero-order chi connectivity index (χ0) is 25.4. The number of imidazole rings is 1. The topological polar surface area (TPSA) is 76.4 Å². The molecule has 0 spiro atoms. The fourth-order valence-electron chi connectivity index (χ4n) is 6.00. The van der Waals surface area contributed by atoms with Crippen molar-refractivity contribution < 1.29 is 14.6 Å². The van der Waals surface area contributed by atoms with Crippen LogP contribution in [-0.4, -0.2) is 26.7 Å². The Balaban J connectivity index is 1.73. The second kappa shape index (κ2) is 9.56. The Labute approximate surface area is 208 Å². The molecule has 4 rings (SSSR count). The molecule has 0 unspecified atom stereocenters. The minimum absolute atomic E-state index is 0.118. The van der Waals surface area contributed by atoms with E-state index >= 15 is 0 Å². The number of aryl methyl sites for hydroxylation is 1. The van der Waals surface area contributed by atoms with Gasteiger partial charge in [0.1, 0.15) is 5.75 Å². The Hall–Kier alpha value is -3.02. The summed E-state index contributed by atoms with van der Waals surface area (Å²) in [6.07, 6.45) is 4.11. The molecule has 1 heterocycles. The van der Waals surface area contributed by atoms with Crippen LogP contribution in [0.1, 0.15) is 78.8 Å². The highest BCUT2D eigenvalue weighted by Crippen LogP contribution is 2.51. The van der Waals surface area contributed by atoms with Gasteiger partial charge in [-0.25, -0.2) is 4.98 Å². The van der Waals surface area contributed by atoms with Crippen LogP contribution in [-0.2, 0) is 11.2 Å². The molecule has 1 aliphatic rings. The highest BCUT2D eigenvalue weighted by Gasteiger charge is 2.40. The second-order valence-electron chi connectivity index (χ2n) is 11.9. The summed E-state index contributed by atoms with van der Waals surface area (Å²) in [5.74, 6) is 0.888. The lowest BCUT2D eigenvalue weighted by Gasteiger charge is -2.45. The third-order valence-corrected chi connectivity index (χ3v) is 6.76. The average molecular weight is 478 g/mol. The fraction of sp³-hybridized carbons (Fsp3) is 0.517. The summed E-state index contributed by atoms with van der Waals surface area (Å²) in [5.41, 5.74) is 4.41. The lowest BCUT2D eigenvalue weighted by Crippen LogP contribution is -2.35. The third-order valence-electron chi connectivity index (χ3n) is 6.76. The molecule has 1 fully saturated rings. The lowest BCUT2D eigenvalue weighted by atomic mass is 9.63. The molecule has 0 amide bonds. The van der Waals surface area contributed by atoms with E-state index in [1.54, 1.807) is 0 Å². The number of ether oxygens (including phenoxy) is 1. The van der Waals surface area contributed by atoms with Crippen LogP contribution in [0.5, 0.6) is 5.75 Å². The number of nitrogens with zero attached hydrogens (tertiary/aromatic N) is 2. The van der Waals surface area contributed by atoms with Crippen molar-refractivity contribution in [3.05, 3.63) is 48.0 Å². The summed E-state index contributed by atoms with van der Waals surface area (Å²) in [7, 11) is 0. The second-order valence-corrected chi connectivity index (χ2v) is 11.9. The van der Waals surface area contributed by atoms with E-state index in [1.165, 1.54) is 6.42 Å². The van der Waals surface area contributed by atoms with Crippen molar-refractivity contribution in [2.45, 2.75) is 85.8 Å². The number of aliphatic carboxylic acids is 1. The molecule has 0 aliphatic heterocycles. The van der Waals surface area contributed by atoms with Crippen LogP contribution in [0.3, 0.4) is 0 Å². The van der Waals surface area contributed by atoms with E-state index in [-0.39, 0.29) is 23.4 Å². The number of hydrogen-bond donors (Lipinski definition) is 2. The molecule has 35 heavy (non-hydrogen) atoms. The van der Waals surface area contributed by atoms with Crippen LogP contribution >= 0.6 is 0 Å². The monoisotopic (exact) mass is 477 g/mol. The van der Waals surface area contributed by atoms with Gasteiger partial charge in [-0.15, -0.1) is 0 Å². The summed E-state index contributed by atoms with van der Waals surface area (Å²) in [6, 6.07) is 14.5. The fourth-order valence-corrected chi connectivity index (χ4v) is 6.00. The Bertz CT molecular complexity index is 1180. The highest BCUT2D eigenvalue weighted by atomic mass is 16.5. The maximum atomic E-state index is 11.1. The van der Waals surface area contributed by atoms with Crippen molar-refractivity contribution in [2.75, 3.05) is 5.32 Å². The normalized spacial score (nSPS) is 17.6. The molecule has 1 saturated carbocycles. The van der Waals surface area contributed by atoms with E-state index in [4.69, 9.17) is 14.8 Å². The molecule has 1 aliphatic carbocycles. The van der Waals surface area contributed by atoms with Gasteiger partial charge >= 0.3 is 5.97 Å². The van der Waals surface area contributed by atoms with E-state index in [9.17, 15) is 4.79 Å². The number of nitrogens with one attached hydrogen (secondary N) is 1. The van der Waals surface area contributed by atoms with Crippen LogP contribution in [0.25, 0.3) is 11.0 Å². The summed E-state index contributed by atoms with van der Waals surface area (Å²) in [5, 5.41) is 12.7. The first-order valence-electron chi connectivity index (χ1n) is 12.7. The number of fused-ring (bicyclic) bond motifs is 1. The van der Waals surface area contributed by atoms with Crippen LogP contribution in [0.2, 0.25) is 0 Å². The van der Waals surface area contributed by atoms with Gasteiger partial charge in [-0.3, -0.25) is 4.79 Å². The molecule has 0 bridgehead atoms. The number of carbonyl (C=O) groups is 1. The molecule has 2 N–H and O–H groups in total. The van der Waals surface area contributed by atoms with E-state index in [0.717, 1.165) is 46.8 Å². The predicted octanol–water partition coefficient (Wildman–Crippen LogP) is 7.36. The van der Waals surface area contributed by atoms with E-state index in [1.807, 2.05) is 50.2 Å². The summed E-state index contributed by atoms with van der Waals surface area (Å²) >= 11 is 0. The van der Waals surface area contributed by atoms with E-state index in [2.05, 4.69) is 43.6 Å². The Morgan fingerprint density at radius 2 is 1.77 bits per heavy atom. The number of rotatable bonds is 8. The summed E-state index contributed by atoms with van der Waals surface area (Å²) in [6.45, 7) is 13.5. The van der Waals surface area contributed by atoms with Gasteiger partial charge in [0.05, 0.1) is 17.1 Å². The van der Waals surface area contributed by atoms with Crippen molar-refractivity contribution >= 4 is 28.6 Å². The lowest BCUT2D eigenvalue weighted by molar-refractivity contribution is -0.136. The van der Waals surface area contributed by atoms with Crippen LogP contribution in [0.4, 0.5) is 11.6 Å². The molecule has 3 aromatic rings. The van der Waals surface area contributed by atoms with Crippen molar-refractivity contribution in [3.63, 3.8) is 0 Å². The minimum atomic E-state index is -0.783. The molecule has 2 aromatic carbocycles. The van der Waals surface area contributed by atoms with E-state index < -0.39 is 5.97 Å². The zero-order valence-corrected chi connectivity index (χ0v) is 21.9. The summed E-state index contributed by atoms with van der Waals surface area (Å²) < 4.78 is 8.17. The van der Waals surface area contributed by atoms with Gasteiger partial charge in [0.25, 0.3) is 0 Å². The van der Waals surface area contributed by atoms with Gasteiger partial charge in [-0.1, -0.05) is 33.8 Å². The number of hydrogen-bond acceptors (Lipinski definition) is 4. The maximum absolute atomic E-state index is 11.1. The number of carboxylic acids is 1. The SMILES string of the molecule is CC(C)Oc1ccc(Nc2nc3cc(CCC(=O)O)ccc3n2C2CC(C)(C)CC(C)(C)C2)cc1. The van der Waals surface area contributed by atoms with Crippen molar-refractivity contribution in [1.82, 2.24) is 9.55 Å². The van der Waals surface area contributed by atoms with Gasteiger partial charge in [0.15, 0.2) is 0 Å². The standard InChI is InChI=1S/C29H39N3O3/c1-19(2)35-23-11-9-21(10-12-23)30-27-31-24-15-20(8-14-26(33)34)7-13-25(24)32(27)22-16-28(3,4)18-29(5,6)17-22/h7,9-13,15,19,22H,8,14,16-18H2,1-6H3,(H,30,31)(H,33,34). The molecule has 188 valence electrons. The van der Waals surface area contributed by atoms with Crippen molar-refractivity contribution in [1.29, 1.82) is 0 Å². The first kappa shape index (κ1) is 25.1. The van der Waals surface area contributed by atoms with Crippen molar-refractivity contribution in [3.8, 4) is 5.75 Å². The van der Waals surface area contributed by atoms with Gasteiger partial charge in [0.2, 0.25) is 5.95 Å². The Morgan fingerprint density at radius 1 is 1.11 bits per heavy atom. The quantitative estimate of drug-likeness (QED) is 0.354.